The first-order valence-electron chi connectivity index (χ1n) is 12.9. The zero-order valence-electron chi connectivity index (χ0n) is 21.3. The molecule has 1 aromatic heterocycles. The zero-order chi connectivity index (χ0) is 25.1. The fourth-order valence-electron chi connectivity index (χ4n) is 5.08. The number of benzene rings is 1. The highest BCUT2D eigenvalue weighted by atomic mass is 16.1. The second-order valence-corrected chi connectivity index (χ2v) is 9.99. The number of nitrogens with one attached hydrogen (secondary N) is 2. The number of anilines is 2. The minimum absolute atomic E-state index is 0.181. The third-order valence-electron chi connectivity index (χ3n) is 7.48. The number of likely N-dealkylation sites (N-methyl/N-ethyl adjacent to an activating group) is 2. The van der Waals surface area contributed by atoms with Crippen molar-refractivity contribution in [2.45, 2.75) is 0 Å². The van der Waals surface area contributed by atoms with Crippen LogP contribution >= 0.6 is 0 Å². The van der Waals surface area contributed by atoms with E-state index in [2.05, 4.69) is 54.5 Å². The van der Waals surface area contributed by atoms with Crippen molar-refractivity contribution >= 4 is 23.2 Å². The van der Waals surface area contributed by atoms with Crippen LogP contribution in [0.3, 0.4) is 0 Å². The van der Waals surface area contributed by atoms with E-state index in [0.717, 1.165) is 65.4 Å². The zero-order valence-corrected chi connectivity index (χ0v) is 21.3. The lowest BCUT2D eigenvalue weighted by Gasteiger charge is -2.32. The summed E-state index contributed by atoms with van der Waals surface area (Å²) in [6.07, 6.45) is 0. The van der Waals surface area contributed by atoms with E-state index in [1.165, 1.54) is 0 Å². The van der Waals surface area contributed by atoms with E-state index in [0.29, 0.717) is 47.0 Å². The summed E-state index contributed by atoms with van der Waals surface area (Å²) in [5, 5.41) is 15.4. The molecule has 192 valence electrons. The maximum atomic E-state index is 13.6. The summed E-state index contributed by atoms with van der Waals surface area (Å²) in [5.74, 6) is 0.409. The molecule has 0 saturated carbocycles. The summed E-state index contributed by atoms with van der Waals surface area (Å²) >= 11 is 0. The Morgan fingerprint density at radius 2 is 1.06 bits per heavy atom. The van der Waals surface area contributed by atoms with Gasteiger partial charge in [0.25, 0.3) is 0 Å². The Morgan fingerprint density at radius 3 is 1.44 bits per heavy atom. The van der Waals surface area contributed by atoms with Gasteiger partial charge in [-0.2, -0.15) is 0 Å². The number of fused-ring (bicyclic) bond motifs is 2. The lowest BCUT2D eigenvalue weighted by Crippen LogP contribution is -2.46. The molecule has 1 aromatic carbocycles. The number of piperazine rings is 2. The van der Waals surface area contributed by atoms with Gasteiger partial charge < -0.3 is 20.4 Å². The van der Waals surface area contributed by atoms with Crippen molar-refractivity contribution < 1.29 is 9.59 Å². The molecule has 2 fully saturated rings. The number of nitrogens with zero attached hydrogens (tertiary/aromatic N) is 6. The van der Waals surface area contributed by atoms with Crippen molar-refractivity contribution in [2.75, 3.05) is 103 Å². The van der Waals surface area contributed by atoms with E-state index in [9.17, 15) is 9.59 Å². The summed E-state index contributed by atoms with van der Waals surface area (Å²) in [6, 6.07) is 7.01. The molecule has 1 aliphatic carbocycles. The van der Waals surface area contributed by atoms with E-state index >= 15 is 0 Å². The lowest BCUT2D eigenvalue weighted by molar-refractivity contribution is 0.0979. The van der Waals surface area contributed by atoms with Crippen LogP contribution in [-0.2, 0) is 0 Å². The number of aromatic nitrogens is 2. The van der Waals surface area contributed by atoms with E-state index < -0.39 is 0 Å². The third-order valence-corrected chi connectivity index (χ3v) is 7.48. The predicted molar refractivity (Wildman–Crippen MR) is 140 cm³/mol. The highest BCUT2D eigenvalue weighted by molar-refractivity contribution is 6.31. The van der Waals surface area contributed by atoms with E-state index in [-0.39, 0.29) is 11.6 Å². The molecule has 2 aromatic rings. The van der Waals surface area contributed by atoms with Gasteiger partial charge in [0.15, 0.2) is 23.2 Å². The van der Waals surface area contributed by atoms with Gasteiger partial charge in [0, 0.05) is 89.7 Å². The van der Waals surface area contributed by atoms with Crippen LogP contribution in [0.15, 0.2) is 24.3 Å². The minimum atomic E-state index is -0.181. The number of carbonyl (C=O) groups is 2. The van der Waals surface area contributed by atoms with Crippen LogP contribution in [0.25, 0.3) is 0 Å². The molecule has 2 N–H and O–H groups in total. The van der Waals surface area contributed by atoms with E-state index in [1.54, 1.807) is 24.3 Å². The summed E-state index contributed by atoms with van der Waals surface area (Å²) in [5.41, 5.74) is 1.50. The first kappa shape index (κ1) is 24.8. The Balaban J connectivity index is 1.33. The topological polar surface area (TPSA) is 96.9 Å². The summed E-state index contributed by atoms with van der Waals surface area (Å²) in [7, 11) is 4.28. The molecule has 2 aliphatic heterocycles. The Morgan fingerprint density at radius 1 is 0.667 bits per heavy atom. The van der Waals surface area contributed by atoms with Gasteiger partial charge >= 0.3 is 0 Å². The molecule has 2 saturated heterocycles. The number of ketones is 2. The first-order chi connectivity index (χ1) is 17.5. The van der Waals surface area contributed by atoms with E-state index in [1.807, 2.05) is 0 Å². The van der Waals surface area contributed by atoms with Crippen LogP contribution in [0.5, 0.6) is 0 Å². The smallest absolute Gasteiger partial charge is 0.198 e. The van der Waals surface area contributed by atoms with Crippen molar-refractivity contribution in [3.8, 4) is 0 Å². The molecule has 10 heteroatoms. The van der Waals surface area contributed by atoms with Crippen LogP contribution < -0.4 is 10.6 Å². The van der Waals surface area contributed by atoms with Gasteiger partial charge in [0.2, 0.25) is 0 Å². The van der Waals surface area contributed by atoms with Gasteiger partial charge in [-0.25, -0.2) is 0 Å². The Kier molecular flexibility index (Phi) is 7.56. The standard InChI is InChI=1S/C26H36N8O2/c1-31-11-15-33(16-12-31)9-7-27-25-21-22(24(36)20-6-4-3-5-19(20)23(21)35)26(30-29-25)28-8-10-34-17-13-32(2)14-18-34/h3-6H,7-18H2,1-2H3,(H,27,29)(H,28,30). The second kappa shape index (κ2) is 11.0. The summed E-state index contributed by atoms with van der Waals surface area (Å²) in [6.45, 7) is 11.2. The highest BCUT2D eigenvalue weighted by Gasteiger charge is 2.35. The first-order valence-corrected chi connectivity index (χ1v) is 12.9. The van der Waals surface area contributed by atoms with Crippen LogP contribution in [-0.4, -0.2) is 134 Å². The van der Waals surface area contributed by atoms with Crippen LogP contribution in [0.4, 0.5) is 11.6 Å². The fourth-order valence-corrected chi connectivity index (χ4v) is 5.08. The van der Waals surface area contributed by atoms with Gasteiger partial charge in [-0.1, -0.05) is 24.3 Å². The van der Waals surface area contributed by atoms with Crippen molar-refractivity contribution in [1.29, 1.82) is 0 Å². The van der Waals surface area contributed by atoms with Gasteiger partial charge in [-0.05, 0) is 14.1 Å². The number of hydrogen-bond acceptors (Lipinski definition) is 10. The maximum absolute atomic E-state index is 13.6. The number of hydrogen-bond donors (Lipinski definition) is 2. The molecule has 0 bridgehead atoms. The molecular formula is C26H36N8O2. The Labute approximate surface area is 212 Å². The maximum Gasteiger partial charge on any atom is 0.198 e. The molecule has 0 spiro atoms. The monoisotopic (exact) mass is 492 g/mol. The predicted octanol–water partition coefficient (Wildman–Crippen LogP) is 0.571. The quantitative estimate of drug-likeness (QED) is 0.465. The van der Waals surface area contributed by atoms with Crippen LogP contribution in [0, 0.1) is 0 Å². The molecule has 0 atom stereocenters. The SMILES string of the molecule is CN1CCN(CCNc2nnc(NCCN3CCN(C)CC3)c3c2C(=O)c2ccccc2C3=O)CC1. The largest absolute Gasteiger partial charge is 0.367 e. The minimum Gasteiger partial charge on any atom is -0.367 e. The molecule has 0 amide bonds. The molecule has 36 heavy (non-hydrogen) atoms. The van der Waals surface area contributed by atoms with E-state index in [4.69, 9.17) is 0 Å². The lowest BCUT2D eigenvalue weighted by atomic mass is 9.84. The average Bonchev–Trinajstić information content (AvgIpc) is 2.90. The van der Waals surface area contributed by atoms with Gasteiger partial charge in [0.1, 0.15) is 0 Å². The molecule has 3 aliphatic rings. The van der Waals surface area contributed by atoms with Crippen molar-refractivity contribution in [2.24, 2.45) is 0 Å². The molecule has 5 rings (SSSR count). The average molecular weight is 493 g/mol. The van der Waals surface area contributed by atoms with Gasteiger partial charge in [0.05, 0.1) is 11.1 Å². The van der Waals surface area contributed by atoms with Gasteiger partial charge in [-0.15, -0.1) is 10.2 Å². The summed E-state index contributed by atoms with van der Waals surface area (Å²) < 4.78 is 0. The van der Waals surface area contributed by atoms with Crippen molar-refractivity contribution in [1.82, 2.24) is 29.8 Å². The van der Waals surface area contributed by atoms with Crippen molar-refractivity contribution in [3.63, 3.8) is 0 Å². The number of rotatable bonds is 8. The third kappa shape index (κ3) is 5.27. The van der Waals surface area contributed by atoms with Crippen LogP contribution in [0.1, 0.15) is 31.8 Å². The molecule has 0 unspecified atom stereocenters. The normalized spacial score (nSPS) is 19.7. The fraction of sp³-hybridized carbons (Fsp3) is 0.538. The highest BCUT2D eigenvalue weighted by Crippen LogP contribution is 2.34. The number of carbonyl (C=O) groups excluding carboxylic acids is 2. The van der Waals surface area contributed by atoms with Crippen LogP contribution in [0.2, 0.25) is 0 Å². The Bertz CT molecular complexity index is 1020. The van der Waals surface area contributed by atoms with Crippen molar-refractivity contribution in [3.05, 3.63) is 46.5 Å². The summed E-state index contributed by atoms with van der Waals surface area (Å²) in [4.78, 5) is 36.6. The molecular weight excluding hydrogens is 456 g/mol. The molecule has 0 radical (unpaired) electrons. The van der Waals surface area contributed by atoms with Gasteiger partial charge in [-0.3, -0.25) is 19.4 Å². The Hall–Kier alpha value is -2.92. The molecule has 10 nitrogen and oxygen atoms in total. The second-order valence-electron chi connectivity index (χ2n) is 9.99. The molecule has 3 heterocycles.